The predicted molar refractivity (Wildman–Crippen MR) is 137 cm³/mol. The zero-order valence-electron chi connectivity index (χ0n) is 18.0. The number of para-hydroxylation sites is 3. The number of nitrogens with one attached hydrogen (secondary N) is 1. The van der Waals surface area contributed by atoms with Crippen molar-refractivity contribution in [1.82, 2.24) is 0 Å². The summed E-state index contributed by atoms with van der Waals surface area (Å²) in [6.45, 7) is 0.406. The van der Waals surface area contributed by atoms with Gasteiger partial charge in [-0.25, -0.2) is 0 Å². The lowest BCUT2D eigenvalue weighted by atomic mass is 10.1. The average molecular weight is 551 g/mol. The van der Waals surface area contributed by atoms with Gasteiger partial charge in [0.2, 0.25) is 0 Å². The molecule has 4 aromatic carbocycles. The van der Waals surface area contributed by atoms with E-state index in [1.54, 1.807) is 25.3 Å². The summed E-state index contributed by atoms with van der Waals surface area (Å²) in [6, 6.07) is 30.1. The Labute approximate surface area is 206 Å². The Balaban J connectivity index is 1.52. The van der Waals surface area contributed by atoms with Crippen LogP contribution in [0, 0.1) is 3.57 Å². The van der Waals surface area contributed by atoms with Crippen LogP contribution in [0.15, 0.2) is 97.1 Å². The van der Waals surface area contributed by atoms with Crippen molar-refractivity contribution >= 4 is 34.2 Å². The Morgan fingerprint density at radius 2 is 1.52 bits per heavy atom. The van der Waals surface area contributed by atoms with Gasteiger partial charge in [0.15, 0.2) is 17.2 Å². The summed E-state index contributed by atoms with van der Waals surface area (Å²) in [7, 11) is 1.56. The van der Waals surface area contributed by atoms with Gasteiger partial charge in [0.1, 0.15) is 12.4 Å². The first-order valence-electron chi connectivity index (χ1n) is 10.3. The summed E-state index contributed by atoms with van der Waals surface area (Å²) >= 11 is 2.15. The molecule has 0 saturated carbocycles. The van der Waals surface area contributed by atoms with Crippen molar-refractivity contribution in [2.24, 2.45) is 0 Å². The molecule has 33 heavy (non-hydrogen) atoms. The Morgan fingerprint density at radius 3 is 2.24 bits per heavy atom. The summed E-state index contributed by atoms with van der Waals surface area (Å²) in [6.07, 6.45) is 0. The van der Waals surface area contributed by atoms with Gasteiger partial charge in [-0.2, -0.15) is 0 Å². The monoisotopic (exact) mass is 551 g/mol. The van der Waals surface area contributed by atoms with Gasteiger partial charge in [0, 0.05) is 5.56 Å². The van der Waals surface area contributed by atoms with Gasteiger partial charge in [0.25, 0.3) is 5.91 Å². The Bertz CT molecular complexity index is 1230. The van der Waals surface area contributed by atoms with E-state index in [9.17, 15) is 4.79 Å². The minimum absolute atomic E-state index is 0.273. The van der Waals surface area contributed by atoms with E-state index in [1.165, 1.54) is 0 Å². The van der Waals surface area contributed by atoms with E-state index >= 15 is 0 Å². The fourth-order valence-electron chi connectivity index (χ4n) is 3.19. The van der Waals surface area contributed by atoms with Crippen LogP contribution >= 0.6 is 22.6 Å². The van der Waals surface area contributed by atoms with Crippen LogP contribution < -0.4 is 19.5 Å². The van der Waals surface area contributed by atoms with Crippen LogP contribution in [0.3, 0.4) is 0 Å². The number of benzene rings is 4. The number of hydrogen-bond donors (Lipinski definition) is 1. The number of anilines is 1. The van der Waals surface area contributed by atoms with Gasteiger partial charge >= 0.3 is 0 Å². The minimum Gasteiger partial charge on any atom is -0.493 e. The van der Waals surface area contributed by atoms with Crippen LogP contribution in [-0.4, -0.2) is 13.0 Å². The number of methoxy groups -OCH3 is 1. The first-order chi connectivity index (χ1) is 16.1. The third-order valence-corrected chi connectivity index (χ3v) is 5.63. The second-order valence-corrected chi connectivity index (χ2v) is 8.29. The molecular weight excluding hydrogens is 529 g/mol. The molecule has 0 heterocycles. The molecule has 1 N–H and O–H groups in total. The fraction of sp³-hybridized carbons (Fsp3) is 0.0741. The number of carbonyl (C=O) groups is 1. The fourth-order valence-corrected chi connectivity index (χ4v) is 3.95. The molecule has 0 fully saturated rings. The highest BCUT2D eigenvalue weighted by atomic mass is 127. The van der Waals surface area contributed by atoms with E-state index in [2.05, 4.69) is 27.9 Å². The molecule has 4 aromatic rings. The van der Waals surface area contributed by atoms with Crippen LogP contribution in [0.2, 0.25) is 0 Å². The first-order valence-corrected chi connectivity index (χ1v) is 11.4. The molecule has 0 aromatic heterocycles. The third-order valence-electron chi connectivity index (χ3n) is 4.82. The SMILES string of the molecule is COc1cc(C(=O)Nc2ccccc2Oc2ccccc2)cc(I)c1OCc1ccccc1. The molecule has 0 atom stereocenters. The molecule has 5 nitrogen and oxygen atoms in total. The third kappa shape index (κ3) is 5.84. The maximum absolute atomic E-state index is 13.1. The molecule has 0 aliphatic heterocycles. The van der Waals surface area contributed by atoms with E-state index in [4.69, 9.17) is 14.2 Å². The van der Waals surface area contributed by atoms with Gasteiger partial charge in [-0.1, -0.05) is 60.7 Å². The number of hydrogen-bond acceptors (Lipinski definition) is 4. The smallest absolute Gasteiger partial charge is 0.255 e. The topological polar surface area (TPSA) is 56.8 Å². The second-order valence-electron chi connectivity index (χ2n) is 7.13. The van der Waals surface area contributed by atoms with Crippen molar-refractivity contribution in [2.75, 3.05) is 12.4 Å². The van der Waals surface area contributed by atoms with E-state index in [-0.39, 0.29) is 5.91 Å². The van der Waals surface area contributed by atoms with E-state index in [0.717, 1.165) is 9.13 Å². The van der Waals surface area contributed by atoms with Crippen LogP contribution in [0.25, 0.3) is 0 Å². The molecule has 0 aliphatic carbocycles. The van der Waals surface area contributed by atoms with Crippen LogP contribution in [0.5, 0.6) is 23.0 Å². The molecule has 0 radical (unpaired) electrons. The molecule has 4 rings (SSSR count). The minimum atomic E-state index is -0.273. The predicted octanol–water partition coefficient (Wildman–Crippen LogP) is 6.92. The van der Waals surface area contributed by atoms with E-state index in [1.807, 2.05) is 78.9 Å². The molecule has 0 aliphatic rings. The molecule has 166 valence electrons. The Morgan fingerprint density at radius 1 is 0.848 bits per heavy atom. The normalized spacial score (nSPS) is 10.4. The zero-order valence-corrected chi connectivity index (χ0v) is 20.1. The van der Waals surface area contributed by atoms with Gasteiger partial charge in [-0.05, 0) is 64.6 Å². The van der Waals surface area contributed by atoms with Gasteiger partial charge < -0.3 is 19.5 Å². The van der Waals surface area contributed by atoms with Crippen molar-refractivity contribution in [3.63, 3.8) is 0 Å². The molecule has 0 unspecified atom stereocenters. The molecule has 6 heteroatoms. The maximum Gasteiger partial charge on any atom is 0.255 e. The largest absolute Gasteiger partial charge is 0.493 e. The van der Waals surface area contributed by atoms with Gasteiger partial charge in [0.05, 0.1) is 16.4 Å². The summed E-state index contributed by atoms with van der Waals surface area (Å²) in [5.41, 5.74) is 2.08. The number of ether oxygens (including phenoxy) is 3. The molecule has 0 saturated heterocycles. The van der Waals surface area contributed by atoms with Crippen molar-refractivity contribution in [2.45, 2.75) is 6.61 Å². The van der Waals surface area contributed by atoms with E-state index < -0.39 is 0 Å². The quantitative estimate of drug-likeness (QED) is 0.242. The van der Waals surface area contributed by atoms with Crippen molar-refractivity contribution < 1.29 is 19.0 Å². The first kappa shape index (κ1) is 22.7. The Hall–Kier alpha value is -3.52. The highest BCUT2D eigenvalue weighted by molar-refractivity contribution is 14.1. The summed E-state index contributed by atoms with van der Waals surface area (Å²) in [5.74, 6) is 2.07. The van der Waals surface area contributed by atoms with Crippen molar-refractivity contribution in [3.05, 3.63) is 112 Å². The number of rotatable bonds is 8. The summed E-state index contributed by atoms with van der Waals surface area (Å²) in [5, 5.41) is 2.94. The van der Waals surface area contributed by atoms with Crippen LogP contribution in [-0.2, 0) is 6.61 Å². The van der Waals surface area contributed by atoms with Gasteiger partial charge in [-0.15, -0.1) is 0 Å². The molecule has 1 amide bonds. The van der Waals surface area contributed by atoms with Crippen LogP contribution in [0.4, 0.5) is 5.69 Å². The molecule has 0 bridgehead atoms. The summed E-state index contributed by atoms with van der Waals surface area (Å²) in [4.78, 5) is 13.1. The lowest BCUT2D eigenvalue weighted by Crippen LogP contribution is -2.13. The van der Waals surface area contributed by atoms with Crippen molar-refractivity contribution in [3.8, 4) is 23.0 Å². The lowest BCUT2D eigenvalue weighted by molar-refractivity contribution is 0.102. The zero-order chi connectivity index (χ0) is 23.0. The highest BCUT2D eigenvalue weighted by Gasteiger charge is 2.17. The Kier molecular flexibility index (Phi) is 7.47. The molecular formula is C27H22INO4. The van der Waals surface area contributed by atoms with Crippen molar-refractivity contribution in [1.29, 1.82) is 0 Å². The second kappa shape index (κ2) is 10.9. The lowest BCUT2D eigenvalue weighted by Gasteiger charge is -2.15. The number of carbonyl (C=O) groups excluding carboxylic acids is 1. The maximum atomic E-state index is 13.1. The molecule has 0 spiro atoms. The highest BCUT2D eigenvalue weighted by Crippen LogP contribution is 2.35. The van der Waals surface area contributed by atoms with E-state index in [0.29, 0.717) is 40.9 Å². The van der Waals surface area contributed by atoms with Crippen LogP contribution in [0.1, 0.15) is 15.9 Å². The average Bonchev–Trinajstić information content (AvgIpc) is 2.85. The standard InChI is InChI=1S/C27H22INO4/c1-31-25-17-20(16-22(28)26(25)32-18-19-10-4-2-5-11-19)27(30)29-23-14-8-9-15-24(23)33-21-12-6-3-7-13-21/h2-17H,18H2,1H3,(H,29,30). The summed E-state index contributed by atoms with van der Waals surface area (Å²) < 4.78 is 18.2. The number of amides is 1. The van der Waals surface area contributed by atoms with Gasteiger partial charge in [-0.3, -0.25) is 4.79 Å². The number of halogens is 1.